The van der Waals surface area contributed by atoms with Crippen LogP contribution in [0.5, 0.6) is 11.5 Å². The van der Waals surface area contributed by atoms with Crippen LogP contribution in [0.4, 0.5) is 0 Å². The summed E-state index contributed by atoms with van der Waals surface area (Å²) in [6.07, 6.45) is 0. The third-order valence-corrected chi connectivity index (χ3v) is 4.92. The lowest BCUT2D eigenvalue weighted by molar-refractivity contribution is 0.290. The molecule has 0 aromatic heterocycles. The van der Waals surface area contributed by atoms with Gasteiger partial charge in [-0.15, -0.1) is 0 Å². The molecular formula is C13H18ClNO3S. The normalized spacial score (nSPS) is 17.4. The lowest BCUT2D eigenvalue weighted by atomic mass is 10.2. The first-order chi connectivity index (χ1) is 9.15. The molecule has 0 radical (unpaired) electrons. The molecule has 6 heteroatoms. The largest absolute Gasteiger partial charge is 0.493 e. The third kappa shape index (κ3) is 3.41. The summed E-state index contributed by atoms with van der Waals surface area (Å²) in [6.45, 7) is 2.44. The predicted molar refractivity (Wildman–Crippen MR) is 77.7 cm³/mol. The SMILES string of the molecule is COc1ccc(CN2CCS(=O)CC2)c(Cl)c1OC. The summed E-state index contributed by atoms with van der Waals surface area (Å²) in [5.74, 6) is 2.69. The van der Waals surface area contributed by atoms with Crippen LogP contribution in [-0.4, -0.2) is 47.9 Å². The fourth-order valence-corrected chi connectivity index (χ4v) is 3.55. The van der Waals surface area contributed by atoms with Gasteiger partial charge in [0.2, 0.25) is 0 Å². The summed E-state index contributed by atoms with van der Waals surface area (Å²) in [6, 6.07) is 3.82. The molecule has 0 unspecified atom stereocenters. The van der Waals surface area contributed by atoms with Gasteiger partial charge in [0, 0.05) is 41.9 Å². The first-order valence-electron chi connectivity index (χ1n) is 6.12. The molecule has 0 amide bonds. The van der Waals surface area contributed by atoms with E-state index in [1.807, 2.05) is 12.1 Å². The van der Waals surface area contributed by atoms with Crippen LogP contribution in [0.3, 0.4) is 0 Å². The second-order valence-electron chi connectivity index (χ2n) is 4.40. The molecule has 2 rings (SSSR count). The van der Waals surface area contributed by atoms with E-state index in [1.54, 1.807) is 14.2 Å². The summed E-state index contributed by atoms with van der Waals surface area (Å²) >= 11 is 6.35. The molecule has 1 heterocycles. The number of hydrogen-bond donors (Lipinski definition) is 0. The van der Waals surface area contributed by atoms with E-state index in [0.29, 0.717) is 16.5 Å². The summed E-state index contributed by atoms with van der Waals surface area (Å²) in [7, 11) is 2.52. The molecular weight excluding hydrogens is 286 g/mol. The minimum atomic E-state index is -0.655. The molecule has 1 aliphatic heterocycles. The monoisotopic (exact) mass is 303 g/mol. The number of halogens is 1. The molecule has 1 fully saturated rings. The fraction of sp³-hybridized carbons (Fsp3) is 0.538. The zero-order chi connectivity index (χ0) is 13.8. The van der Waals surface area contributed by atoms with Crippen LogP contribution in [-0.2, 0) is 17.3 Å². The number of nitrogens with zero attached hydrogens (tertiary/aromatic N) is 1. The standard InChI is InChI=1S/C13H18ClNO3S/c1-17-11-4-3-10(12(14)13(11)18-2)9-15-5-7-19(16)8-6-15/h3-4H,5-9H2,1-2H3. The van der Waals surface area contributed by atoms with Gasteiger partial charge in [0.1, 0.15) is 0 Å². The molecule has 106 valence electrons. The third-order valence-electron chi connectivity index (χ3n) is 3.23. The Hall–Kier alpha value is -0.780. The Bertz CT molecular complexity index is 471. The van der Waals surface area contributed by atoms with E-state index in [2.05, 4.69) is 4.90 Å². The van der Waals surface area contributed by atoms with Gasteiger partial charge < -0.3 is 9.47 Å². The van der Waals surface area contributed by atoms with E-state index >= 15 is 0 Å². The van der Waals surface area contributed by atoms with E-state index in [4.69, 9.17) is 21.1 Å². The van der Waals surface area contributed by atoms with Crippen molar-refractivity contribution in [1.82, 2.24) is 4.90 Å². The second-order valence-corrected chi connectivity index (χ2v) is 6.47. The summed E-state index contributed by atoms with van der Waals surface area (Å²) < 4.78 is 21.8. The lowest BCUT2D eigenvalue weighted by Gasteiger charge is -2.26. The molecule has 0 atom stereocenters. The highest BCUT2D eigenvalue weighted by molar-refractivity contribution is 7.85. The Labute approximate surface area is 121 Å². The number of ether oxygens (including phenoxy) is 2. The van der Waals surface area contributed by atoms with Crippen molar-refractivity contribution in [3.63, 3.8) is 0 Å². The maximum Gasteiger partial charge on any atom is 0.179 e. The number of rotatable bonds is 4. The van der Waals surface area contributed by atoms with Gasteiger partial charge in [0.15, 0.2) is 11.5 Å². The van der Waals surface area contributed by atoms with Gasteiger partial charge in [-0.2, -0.15) is 0 Å². The van der Waals surface area contributed by atoms with Crippen molar-refractivity contribution in [2.75, 3.05) is 38.8 Å². The Kier molecular flexibility index (Phi) is 5.07. The fourth-order valence-electron chi connectivity index (χ4n) is 2.13. The summed E-state index contributed by atoms with van der Waals surface area (Å²) in [4.78, 5) is 2.26. The average molecular weight is 304 g/mol. The molecule has 0 saturated carbocycles. The van der Waals surface area contributed by atoms with E-state index in [0.717, 1.165) is 36.7 Å². The molecule has 1 aromatic carbocycles. The second kappa shape index (κ2) is 6.59. The molecule has 0 aliphatic carbocycles. The van der Waals surface area contributed by atoms with Gasteiger partial charge in [-0.1, -0.05) is 17.7 Å². The number of benzene rings is 1. The quantitative estimate of drug-likeness (QED) is 0.852. The summed E-state index contributed by atoms with van der Waals surface area (Å²) in [5.41, 5.74) is 1.01. The average Bonchev–Trinajstić information content (AvgIpc) is 2.43. The minimum Gasteiger partial charge on any atom is -0.493 e. The van der Waals surface area contributed by atoms with E-state index in [1.165, 1.54) is 0 Å². The maximum atomic E-state index is 11.3. The van der Waals surface area contributed by atoms with Crippen molar-refractivity contribution in [2.24, 2.45) is 0 Å². The van der Waals surface area contributed by atoms with Gasteiger partial charge in [0.05, 0.1) is 19.2 Å². The Morgan fingerprint density at radius 3 is 2.53 bits per heavy atom. The van der Waals surface area contributed by atoms with Crippen LogP contribution in [0.15, 0.2) is 12.1 Å². The zero-order valence-electron chi connectivity index (χ0n) is 11.1. The highest BCUT2D eigenvalue weighted by Gasteiger charge is 2.18. The topological polar surface area (TPSA) is 38.8 Å². The highest BCUT2D eigenvalue weighted by atomic mass is 35.5. The molecule has 1 saturated heterocycles. The number of hydrogen-bond acceptors (Lipinski definition) is 4. The first-order valence-corrected chi connectivity index (χ1v) is 7.99. The van der Waals surface area contributed by atoms with Crippen LogP contribution < -0.4 is 9.47 Å². The Morgan fingerprint density at radius 2 is 1.95 bits per heavy atom. The zero-order valence-corrected chi connectivity index (χ0v) is 12.7. The maximum absolute atomic E-state index is 11.3. The van der Waals surface area contributed by atoms with Gasteiger partial charge in [-0.3, -0.25) is 9.11 Å². The van der Waals surface area contributed by atoms with Crippen LogP contribution in [0.2, 0.25) is 5.02 Å². The highest BCUT2D eigenvalue weighted by Crippen LogP contribution is 2.37. The van der Waals surface area contributed by atoms with E-state index in [-0.39, 0.29) is 0 Å². The van der Waals surface area contributed by atoms with Gasteiger partial charge in [-0.25, -0.2) is 0 Å². The molecule has 0 spiro atoms. The lowest BCUT2D eigenvalue weighted by Crippen LogP contribution is -2.37. The molecule has 4 nitrogen and oxygen atoms in total. The van der Waals surface area contributed by atoms with Crippen LogP contribution in [0.1, 0.15) is 5.56 Å². The van der Waals surface area contributed by atoms with E-state index < -0.39 is 10.8 Å². The van der Waals surface area contributed by atoms with Crippen molar-refractivity contribution in [3.05, 3.63) is 22.7 Å². The molecule has 0 bridgehead atoms. The number of methoxy groups -OCH3 is 2. The van der Waals surface area contributed by atoms with Gasteiger partial charge in [0.25, 0.3) is 0 Å². The van der Waals surface area contributed by atoms with Crippen LogP contribution in [0, 0.1) is 0 Å². The summed E-state index contributed by atoms with van der Waals surface area (Å²) in [5, 5.41) is 0.591. The smallest absolute Gasteiger partial charge is 0.179 e. The minimum absolute atomic E-state index is 0.572. The van der Waals surface area contributed by atoms with Crippen LogP contribution in [0.25, 0.3) is 0 Å². The van der Waals surface area contributed by atoms with Gasteiger partial charge >= 0.3 is 0 Å². The Balaban J connectivity index is 2.14. The molecule has 1 aliphatic rings. The van der Waals surface area contributed by atoms with Crippen molar-refractivity contribution < 1.29 is 13.7 Å². The molecule has 1 aromatic rings. The Morgan fingerprint density at radius 1 is 1.26 bits per heavy atom. The van der Waals surface area contributed by atoms with Crippen molar-refractivity contribution in [3.8, 4) is 11.5 Å². The predicted octanol–water partition coefficient (Wildman–Crippen LogP) is 1.92. The van der Waals surface area contributed by atoms with Crippen molar-refractivity contribution >= 4 is 22.4 Å². The van der Waals surface area contributed by atoms with Gasteiger partial charge in [-0.05, 0) is 11.6 Å². The van der Waals surface area contributed by atoms with Crippen molar-refractivity contribution in [1.29, 1.82) is 0 Å². The van der Waals surface area contributed by atoms with Crippen LogP contribution >= 0.6 is 11.6 Å². The van der Waals surface area contributed by atoms with E-state index in [9.17, 15) is 4.21 Å². The first kappa shape index (κ1) is 14.6. The molecule has 0 N–H and O–H groups in total. The van der Waals surface area contributed by atoms with Crippen molar-refractivity contribution in [2.45, 2.75) is 6.54 Å². The molecule has 19 heavy (non-hydrogen) atoms.